The molecule has 2 amide bonds. The van der Waals surface area contributed by atoms with Crippen LogP contribution >= 0.6 is 11.6 Å². The van der Waals surface area contributed by atoms with Crippen molar-refractivity contribution in [2.24, 2.45) is 0 Å². The standard InChI is InChI=1S/C25H29ClN2O4/c1-5-28-20(15-32-21-10-8-7-9-19(21)26)22(24(29)31-6-2)23(27-25(28)30)18-13-11-17(12-14-18)16(3)4/h7-14,16,23H,5-6,15H2,1-4H3,(H,27,30). The third kappa shape index (κ3) is 5.07. The lowest BCUT2D eigenvalue weighted by Gasteiger charge is -2.36. The van der Waals surface area contributed by atoms with Crippen LogP contribution in [0, 0.1) is 0 Å². The molecule has 2 aromatic carbocycles. The fourth-order valence-corrected chi connectivity index (χ4v) is 3.86. The molecular formula is C25H29ClN2O4. The first-order valence-electron chi connectivity index (χ1n) is 10.8. The average Bonchev–Trinajstić information content (AvgIpc) is 2.78. The predicted octanol–water partition coefficient (Wildman–Crippen LogP) is 5.45. The molecule has 1 aliphatic rings. The number of likely N-dealkylation sites (N-methyl/N-ethyl adjacent to an activating group) is 1. The van der Waals surface area contributed by atoms with Crippen molar-refractivity contribution in [2.75, 3.05) is 19.8 Å². The van der Waals surface area contributed by atoms with Gasteiger partial charge in [0.1, 0.15) is 12.4 Å². The van der Waals surface area contributed by atoms with E-state index in [1.54, 1.807) is 19.1 Å². The topological polar surface area (TPSA) is 67.9 Å². The minimum Gasteiger partial charge on any atom is -0.486 e. The molecule has 170 valence electrons. The Balaban J connectivity index is 2.06. The Morgan fingerprint density at radius 1 is 1.12 bits per heavy atom. The van der Waals surface area contributed by atoms with Crippen molar-refractivity contribution >= 4 is 23.6 Å². The molecule has 0 spiro atoms. The largest absolute Gasteiger partial charge is 0.486 e. The lowest BCUT2D eigenvalue weighted by Crippen LogP contribution is -2.49. The van der Waals surface area contributed by atoms with E-state index in [2.05, 4.69) is 19.2 Å². The van der Waals surface area contributed by atoms with Crippen LogP contribution in [0.1, 0.15) is 50.8 Å². The SMILES string of the molecule is CCOC(=O)C1=C(COc2ccccc2Cl)N(CC)C(=O)NC1c1ccc(C(C)C)cc1. The smallest absolute Gasteiger partial charge is 0.338 e. The molecule has 7 heteroatoms. The Kier molecular flexibility index (Phi) is 7.80. The number of nitrogens with zero attached hydrogens (tertiary/aromatic N) is 1. The second-order valence-electron chi connectivity index (χ2n) is 7.75. The number of hydrogen-bond acceptors (Lipinski definition) is 4. The van der Waals surface area contributed by atoms with Gasteiger partial charge in [-0.2, -0.15) is 0 Å². The molecule has 0 bridgehead atoms. The number of esters is 1. The van der Waals surface area contributed by atoms with Gasteiger partial charge in [-0.1, -0.05) is 61.8 Å². The number of nitrogens with one attached hydrogen (secondary N) is 1. The summed E-state index contributed by atoms with van der Waals surface area (Å²) in [7, 11) is 0. The third-order valence-electron chi connectivity index (χ3n) is 5.39. The summed E-state index contributed by atoms with van der Waals surface area (Å²) in [5.41, 5.74) is 2.80. The second kappa shape index (κ2) is 10.6. The average molecular weight is 457 g/mol. The van der Waals surface area contributed by atoms with Crippen molar-refractivity contribution in [3.63, 3.8) is 0 Å². The van der Waals surface area contributed by atoms with E-state index in [4.69, 9.17) is 21.1 Å². The molecule has 0 aromatic heterocycles. The third-order valence-corrected chi connectivity index (χ3v) is 5.70. The van der Waals surface area contributed by atoms with E-state index in [-0.39, 0.29) is 19.2 Å². The van der Waals surface area contributed by atoms with Crippen LogP contribution in [0.3, 0.4) is 0 Å². The predicted molar refractivity (Wildman–Crippen MR) is 125 cm³/mol. The van der Waals surface area contributed by atoms with Gasteiger partial charge in [-0.15, -0.1) is 0 Å². The summed E-state index contributed by atoms with van der Waals surface area (Å²) in [6, 6.07) is 14.1. The van der Waals surface area contributed by atoms with E-state index < -0.39 is 12.0 Å². The number of carbonyl (C=O) groups excluding carboxylic acids is 2. The Morgan fingerprint density at radius 2 is 1.81 bits per heavy atom. The number of hydrogen-bond donors (Lipinski definition) is 1. The highest BCUT2D eigenvalue weighted by atomic mass is 35.5. The zero-order valence-corrected chi connectivity index (χ0v) is 19.6. The maximum atomic E-state index is 13.1. The van der Waals surface area contributed by atoms with Gasteiger partial charge in [-0.3, -0.25) is 4.90 Å². The highest BCUT2D eigenvalue weighted by molar-refractivity contribution is 6.32. The minimum atomic E-state index is -0.643. The first kappa shape index (κ1) is 23.7. The van der Waals surface area contributed by atoms with Crippen LogP contribution in [0.15, 0.2) is 59.8 Å². The zero-order chi connectivity index (χ0) is 23.3. The minimum absolute atomic E-state index is 0.000279. The second-order valence-corrected chi connectivity index (χ2v) is 8.16. The number of benzene rings is 2. The molecule has 1 heterocycles. The van der Waals surface area contributed by atoms with Crippen molar-refractivity contribution in [2.45, 2.75) is 39.7 Å². The van der Waals surface area contributed by atoms with Crippen molar-refractivity contribution in [1.29, 1.82) is 0 Å². The van der Waals surface area contributed by atoms with Crippen LogP contribution in [0.25, 0.3) is 0 Å². The number of halogens is 1. The maximum absolute atomic E-state index is 13.1. The monoisotopic (exact) mass is 456 g/mol. The molecule has 1 unspecified atom stereocenters. The fourth-order valence-electron chi connectivity index (χ4n) is 3.67. The summed E-state index contributed by atoms with van der Waals surface area (Å²) in [5, 5.41) is 3.41. The number of carbonyl (C=O) groups is 2. The highest BCUT2D eigenvalue weighted by Gasteiger charge is 2.38. The molecule has 1 atom stereocenters. The van der Waals surface area contributed by atoms with Crippen LogP contribution in [-0.2, 0) is 9.53 Å². The molecule has 0 aliphatic carbocycles. The summed E-state index contributed by atoms with van der Waals surface area (Å²) in [6.45, 7) is 8.42. The Labute approximate surface area is 194 Å². The number of rotatable bonds is 8. The Morgan fingerprint density at radius 3 is 2.41 bits per heavy atom. The Hall–Kier alpha value is -2.99. The maximum Gasteiger partial charge on any atom is 0.338 e. The van der Waals surface area contributed by atoms with Crippen molar-refractivity contribution < 1.29 is 19.1 Å². The fraction of sp³-hybridized carbons (Fsp3) is 0.360. The molecular weight excluding hydrogens is 428 g/mol. The number of ether oxygens (including phenoxy) is 2. The lowest BCUT2D eigenvalue weighted by atomic mass is 9.92. The zero-order valence-electron chi connectivity index (χ0n) is 18.9. The van der Waals surface area contributed by atoms with Crippen LogP contribution in [0.4, 0.5) is 4.79 Å². The van der Waals surface area contributed by atoms with E-state index >= 15 is 0 Å². The van der Waals surface area contributed by atoms with Gasteiger partial charge in [-0.25, -0.2) is 9.59 Å². The van der Waals surface area contributed by atoms with Gasteiger partial charge in [0, 0.05) is 6.54 Å². The summed E-state index contributed by atoms with van der Waals surface area (Å²) < 4.78 is 11.3. The molecule has 6 nitrogen and oxygen atoms in total. The number of urea groups is 1. The van der Waals surface area contributed by atoms with E-state index in [0.29, 0.717) is 34.5 Å². The van der Waals surface area contributed by atoms with Gasteiger partial charge in [0.05, 0.1) is 28.9 Å². The van der Waals surface area contributed by atoms with Crippen LogP contribution in [0.2, 0.25) is 5.02 Å². The van der Waals surface area contributed by atoms with Gasteiger partial charge < -0.3 is 14.8 Å². The first-order chi connectivity index (χ1) is 15.4. The van der Waals surface area contributed by atoms with E-state index in [9.17, 15) is 9.59 Å². The van der Waals surface area contributed by atoms with Gasteiger partial charge >= 0.3 is 12.0 Å². The van der Waals surface area contributed by atoms with Gasteiger partial charge in [0.15, 0.2) is 0 Å². The molecule has 1 aliphatic heterocycles. The molecule has 3 rings (SSSR count). The molecule has 0 radical (unpaired) electrons. The molecule has 0 fully saturated rings. The molecule has 0 saturated heterocycles. The normalized spacial score (nSPS) is 16.2. The van der Waals surface area contributed by atoms with Crippen LogP contribution < -0.4 is 10.1 Å². The van der Waals surface area contributed by atoms with Crippen LogP contribution in [0.5, 0.6) is 5.75 Å². The van der Waals surface area contributed by atoms with Gasteiger partial charge in [-0.05, 0) is 43.0 Å². The van der Waals surface area contributed by atoms with E-state index in [1.165, 1.54) is 10.5 Å². The van der Waals surface area contributed by atoms with E-state index in [0.717, 1.165) is 5.56 Å². The molecule has 2 aromatic rings. The summed E-state index contributed by atoms with van der Waals surface area (Å²) in [6.07, 6.45) is 0. The molecule has 1 N–H and O–H groups in total. The van der Waals surface area contributed by atoms with Crippen molar-refractivity contribution in [3.05, 3.63) is 76.0 Å². The van der Waals surface area contributed by atoms with Crippen LogP contribution in [-0.4, -0.2) is 36.7 Å². The molecule has 0 saturated carbocycles. The first-order valence-corrected chi connectivity index (χ1v) is 11.2. The van der Waals surface area contributed by atoms with Crippen molar-refractivity contribution in [3.8, 4) is 5.75 Å². The van der Waals surface area contributed by atoms with Gasteiger partial charge in [0.2, 0.25) is 0 Å². The van der Waals surface area contributed by atoms with E-state index in [1.807, 2.05) is 43.3 Å². The quantitative estimate of drug-likeness (QED) is 0.536. The summed E-state index contributed by atoms with van der Waals surface area (Å²) >= 11 is 6.23. The summed E-state index contributed by atoms with van der Waals surface area (Å²) in [4.78, 5) is 27.5. The molecule has 32 heavy (non-hydrogen) atoms. The Bertz CT molecular complexity index is 1000. The number of amides is 2. The van der Waals surface area contributed by atoms with Gasteiger partial charge in [0.25, 0.3) is 0 Å². The number of para-hydroxylation sites is 1. The summed E-state index contributed by atoms with van der Waals surface area (Å²) in [5.74, 6) is 0.367. The van der Waals surface area contributed by atoms with Crippen molar-refractivity contribution in [1.82, 2.24) is 10.2 Å². The highest BCUT2D eigenvalue weighted by Crippen LogP contribution is 2.33. The lowest BCUT2D eigenvalue weighted by molar-refractivity contribution is -0.139.